The Bertz CT molecular complexity index is 347. The molecule has 2 heteroatoms. The molecule has 1 unspecified atom stereocenters. The highest BCUT2D eigenvalue weighted by atomic mass is 16.7. The van der Waals surface area contributed by atoms with Crippen LogP contribution in [0.3, 0.4) is 0 Å². The van der Waals surface area contributed by atoms with E-state index in [1.165, 1.54) is 5.56 Å². The van der Waals surface area contributed by atoms with Gasteiger partial charge in [-0.1, -0.05) is 36.4 Å². The van der Waals surface area contributed by atoms with Gasteiger partial charge in [0.2, 0.25) is 0 Å². The topological polar surface area (TPSA) is 18.5 Å². The first-order valence-corrected chi connectivity index (χ1v) is 6.28. The van der Waals surface area contributed by atoms with Crippen molar-refractivity contribution in [1.29, 1.82) is 0 Å². The molecule has 1 aliphatic heterocycles. The van der Waals surface area contributed by atoms with Crippen molar-refractivity contribution in [3.63, 3.8) is 0 Å². The molecule has 92 valence electrons. The van der Waals surface area contributed by atoms with Gasteiger partial charge in [-0.3, -0.25) is 0 Å². The van der Waals surface area contributed by atoms with Gasteiger partial charge in [0.25, 0.3) is 0 Å². The van der Waals surface area contributed by atoms with E-state index in [0.29, 0.717) is 12.5 Å². The van der Waals surface area contributed by atoms with Crippen LogP contribution in [0.1, 0.15) is 31.2 Å². The summed E-state index contributed by atoms with van der Waals surface area (Å²) in [5, 5.41) is 0. The van der Waals surface area contributed by atoms with Crippen LogP contribution in [0.4, 0.5) is 0 Å². The van der Waals surface area contributed by atoms with Gasteiger partial charge in [0.05, 0.1) is 6.10 Å². The molecule has 2 nitrogen and oxygen atoms in total. The van der Waals surface area contributed by atoms with Gasteiger partial charge >= 0.3 is 0 Å². The van der Waals surface area contributed by atoms with Crippen LogP contribution in [-0.4, -0.2) is 19.0 Å². The molecule has 3 atom stereocenters. The largest absolute Gasteiger partial charge is 0.353 e. The summed E-state index contributed by atoms with van der Waals surface area (Å²) < 4.78 is 11.4. The van der Waals surface area contributed by atoms with E-state index in [1.54, 1.807) is 0 Å². The maximum atomic E-state index is 5.79. The van der Waals surface area contributed by atoms with Crippen molar-refractivity contribution >= 4 is 0 Å². The second-order valence-corrected chi connectivity index (χ2v) is 4.37. The molecule has 0 spiro atoms. The first-order chi connectivity index (χ1) is 8.33. The smallest absolute Gasteiger partial charge is 0.158 e. The van der Waals surface area contributed by atoms with Crippen LogP contribution in [0.15, 0.2) is 43.0 Å². The second kappa shape index (κ2) is 5.99. The molecular formula is C15H20O2. The molecule has 1 aliphatic rings. The van der Waals surface area contributed by atoms with E-state index in [0.717, 1.165) is 12.8 Å². The van der Waals surface area contributed by atoms with Crippen molar-refractivity contribution in [2.24, 2.45) is 0 Å². The van der Waals surface area contributed by atoms with E-state index in [9.17, 15) is 0 Å². The third-order valence-electron chi connectivity index (χ3n) is 3.21. The third-order valence-corrected chi connectivity index (χ3v) is 3.21. The molecule has 17 heavy (non-hydrogen) atoms. The third kappa shape index (κ3) is 3.18. The molecule has 1 aromatic carbocycles. The van der Waals surface area contributed by atoms with Crippen LogP contribution < -0.4 is 0 Å². The molecule has 1 saturated heterocycles. The molecule has 0 aliphatic carbocycles. The molecule has 1 aromatic rings. The molecule has 1 fully saturated rings. The lowest BCUT2D eigenvalue weighted by Crippen LogP contribution is -2.32. The van der Waals surface area contributed by atoms with E-state index in [1.807, 2.05) is 19.1 Å². The van der Waals surface area contributed by atoms with Gasteiger partial charge in [0.1, 0.15) is 0 Å². The van der Waals surface area contributed by atoms with Crippen molar-refractivity contribution in [1.82, 2.24) is 0 Å². The van der Waals surface area contributed by atoms with Crippen LogP contribution in [0, 0.1) is 0 Å². The van der Waals surface area contributed by atoms with Crippen LogP contribution in [0.25, 0.3) is 0 Å². The van der Waals surface area contributed by atoms with Gasteiger partial charge in [-0.05, 0) is 24.8 Å². The zero-order valence-electron chi connectivity index (χ0n) is 10.3. The lowest BCUT2D eigenvalue weighted by Gasteiger charge is -2.34. The molecule has 0 saturated carbocycles. The van der Waals surface area contributed by atoms with Gasteiger partial charge in [-0.2, -0.15) is 0 Å². The SMILES string of the molecule is C=C[C@H]1C[C@@H](c2ccccc2)CC(OCC)O1. The summed E-state index contributed by atoms with van der Waals surface area (Å²) in [6, 6.07) is 10.6. The fourth-order valence-electron chi connectivity index (χ4n) is 2.36. The normalized spacial score (nSPS) is 28.9. The van der Waals surface area contributed by atoms with Crippen molar-refractivity contribution in [2.75, 3.05) is 6.61 Å². The maximum absolute atomic E-state index is 5.79. The zero-order chi connectivity index (χ0) is 12.1. The average Bonchev–Trinajstić information content (AvgIpc) is 2.40. The van der Waals surface area contributed by atoms with E-state index >= 15 is 0 Å². The molecule has 0 bridgehead atoms. The summed E-state index contributed by atoms with van der Waals surface area (Å²) in [4.78, 5) is 0. The minimum Gasteiger partial charge on any atom is -0.353 e. The summed E-state index contributed by atoms with van der Waals surface area (Å²) >= 11 is 0. The van der Waals surface area contributed by atoms with Crippen molar-refractivity contribution in [2.45, 2.75) is 38.1 Å². The van der Waals surface area contributed by atoms with Gasteiger partial charge in [-0.25, -0.2) is 0 Å². The minimum absolute atomic E-state index is 0.0954. The van der Waals surface area contributed by atoms with Gasteiger partial charge in [0.15, 0.2) is 6.29 Å². The lowest BCUT2D eigenvalue weighted by atomic mass is 9.88. The van der Waals surface area contributed by atoms with E-state index in [2.05, 4.69) is 30.8 Å². The highest BCUT2D eigenvalue weighted by Gasteiger charge is 2.29. The molecule has 2 rings (SSSR count). The average molecular weight is 232 g/mol. The number of benzene rings is 1. The molecule has 0 radical (unpaired) electrons. The first-order valence-electron chi connectivity index (χ1n) is 6.28. The predicted octanol–water partition coefficient (Wildman–Crippen LogP) is 3.50. The number of ether oxygens (including phenoxy) is 2. The van der Waals surface area contributed by atoms with Gasteiger partial charge in [-0.15, -0.1) is 6.58 Å². The van der Waals surface area contributed by atoms with E-state index < -0.39 is 0 Å². The maximum Gasteiger partial charge on any atom is 0.158 e. The Morgan fingerprint density at radius 2 is 2.12 bits per heavy atom. The van der Waals surface area contributed by atoms with Gasteiger partial charge in [0, 0.05) is 13.0 Å². The minimum atomic E-state index is -0.0954. The summed E-state index contributed by atoms with van der Waals surface area (Å²) in [5.74, 6) is 0.504. The summed E-state index contributed by atoms with van der Waals surface area (Å²) in [5.41, 5.74) is 1.37. The number of hydrogen-bond acceptors (Lipinski definition) is 2. The fourth-order valence-corrected chi connectivity index (χ4v) is 2.36. The standard InChI is InChI=1S/C15H20O2/c1-3-14-10-13(11-15(17-14)16-4-2)12-8-6-5-7-9-12/h3,5-9,13-15H,1,4,10-11H2,2H3/t13-,14+,15?/m1/s1. The second-order valence-electron chi connectivity index (χ2n) is 4.37. The highest BCUT2D eigenvalue weighted by molar-refractivity contribution is 5.20. The van der Waals surface area contributed by atoms with Crippen LogP contribution in [0.2, 0.25) is 0 Å². The molecule has 0 aromatic heterocycles. The lowest BCUT2D eigenvalue weighted by molar-refractivity contribution is -0.184. The Hall–Kier alpha value is -1.12. The molecule has 0 amide bonds. The van der Waals surface area contributed by atoms with Crippen LogP contribution in [-0.2, 0) is 9.47 Å². The summed E-state index contributed by atoms with van der Waals surface area (Å²) in [6.45, 7) is 6.52. The summed E-state index contributed by atoms with van der Waals surface area (Å²) in [7, 11) is 0. The zero-order valence-corrected chi connectivity index (χ0v) is 10.3. The molecule has 0 N–H and O–H groups in total. The number of rotatable bonds is 4. The van der Waals surface area contributed by atoms with Crippen LogP contribution in [0.5, 0.6) is 0 Å². The van der Waals surface area contributed by atoms with Gasteiger partial charge < -0.3 is 9.47 Å². The van der Waals surface area contributed by atoms with Crippen LogP contribution >= 0.6 is 0 Å². The van der Waals surface area contributed by atoms with E-state index in [-0.39, 0.29) is 12.4 Å². The first kappa shape index (κ1) is 12.3. The quantitative estimate of drug-likeness (QED) is 0.740. The monoisotopic (exact) mass is 232 g/mol. The fraction of sp³-hybridized carbons (Fsp3) is 0.467. The highest BCUT2D eigenvalue weighted by Crippen LogP contribution is 2.33. The van der Waals surface area contributed by atoms with Crippen molar-refractivity contribution < 1.29 is 9.47 Å². The predicted molar refractivity (Wildman–Crippen MR) is 68.9 cm³/mol. The Kier molecular flexibility index (Phi) is 4.35. The Balaban J connectivity index is 2.09. The molecule has 1 heterocycles. The Labute approximate surface area is 103 Å². The Morgan fingerprint density at radius 3 is 2.76 bits per heavy atom. The van der Waals surface area contributed by atoms with Crippen molar-refractivity contribution in [3.05, 3.63) is 48.6 Å². The van der Waals surface area contributed by atoms with Crippen molar-refractivity contribution in [3.8, 4) is 0 Å². The molecular weight excluding hydrogens is 212 g/mol. The van der Waals surface area contributed by atoms with E-state index in [4.69, 9.17) is 9.47 Å². The summed E-state index contributed by atoms with van der Waals surface area (Å²) in [6.07, 6.45) is 3.81. The Morgan fingerprint density at radius 1 is 1.35 bits per heavy atom. The number of hydrogen-bond donors (Lipinski definition) is 0.